The van der Waals surface area contributed by atoms with Gasteiger partial charge in [-0.05, 0) is 17.4 Å². The standard InChI is InChI=1S/C9H10N2O4S/c12-7-4-5-8(13)11(7)6-2-1-3-9(14)15-10-16/h4-5H,1-3,6H2. The maximum Gasteiger partial charge on any atom is 0.336 e. The quantitative estimate of drug-likeness (QED) is 0.379. The summed E-state index contributed by atoms with van der Waals surface area (Å²) in [6, 6.07) is 0. The Balaban J connectivity index is 2.16. The van der Waals surface area contributed by atoms with Crippen LogP contribution in [0.15, 0.2) is 16.7 Å². The highest BCUT2D eigenvalue weighted by molar-refractivity contribution is 7.47. The molecule has 0 aromatic rings. The van der Waals surface area contributed by atoms with Gasteiger partial charge in [-0.15, -0.1) is 0 Å². The molecule has 0 atom stereocenters. The average molecular weight is 242 g/mol. The van der Waals surface area contributed by atoms with Gasteiger partial charge < -0.3 is 4.84 Å². The molecular weight excluding hydrogens is 232 g/mol. The van der Waals surface area contributed by atoms with Gasteiger partial charge in [0.2, 0.25) is 0 Å². The zero-order chi connectivity index (χ0) is 12.0. The van der Waals surface area contributed by atoms with E-state index in [1.165, 1.54) is 12.2 Å². The summed E-state index contributed by atoms with van der Waals surface area (Å²) in [6.45, 7) is 0.308. The second-order valence-corrected chi connectivity index (χ2v) is 3.31. The fraction of sp³-hybridized carbons (Fsp3) is 0.444. The van der Waals surface area contributed by atoms with Crippen LogP contribution in [-0.4, -0.2) is 29.2 Å². The van der Waals surface area contributed by atoms with E-state index >= 15 is 0 Å². The summed E-state index contributed by atoms with van der Waals surface area (Å²) in [4.78, 5) is 38.4. The molecule has 16 heavy (non-hydrogen) atoms. The Morgan fingerprint density at radius 1 is 1.31 bits per heavy atom. The fourth-order valence-electron chi connectivity index (χ4n) is 1.28. The Hall–Kier alpha value is -1.63. The van der Waals surface area contributed by atoms with Gasteiger partial charge in [-0.2, -0.15) is 0 Å². The topological polar surface area (TPSA) is 76.0 Å². The third-order valence-electron chi connectivity index (χ3n) is 2.05. The summed E-state index contributed by atoms with van der Waals surface area (Å²) in [5, 5.41) is 0. The number of carbonyl (C=O) groups is 3. The Morgan fingerprint density at radius 3 is 2.50 bits per heavy atom. The van der Waals surface area contributed by atoms with E-state index in [4.69, 9.17) is 0 Å². The van der Waals surface area contributed by atoms with E-state index in [2.05, 4.69) is 21.8 Å². The van der Waals surface area contributed by atoms with E-state index in [0.29, 0.717) is 19.4 Å². The third kappa shape index (κ3) is 3.50. The number of imide groups is 1. The second kappa shape index (κ2) is 6.06. The Morgan fingerprint density at radius 2 is 1.94 bits per heavy atom. The second-order valence-electron chi connectivity index (χ2n) is 3.16. The van der Waals surface area contributed by atoms with Gasteiger partial charge in [0.15, 0.2) is 0 Å². The molecule has 2 amide bonds. The van der Waals surface area contributed by atoms with Crippen molar-refractivity contribution in [1.29, 1.82) is 0 Å². The summed E-state index contributed by atoms with van der Waals surface area (Å²) in [7, 11) is 0. The molecule has 0 spiro atoms. The normalized spacial score (nSPS) is 14.4. The molecule has 0 aromatic heterocycles. The van der Waals surface area contributed by atoms with Crippen molar-refractivity contribution in [3.63, 3.8) is 0 Å². The van der Waals surface area contributed by atoms with E-state index in [1.54, 1.807) is 0 Å². The summed E-state index contributed by atoms with van der Waals surface area (Å²) in [5.74, 6) is -1.13. The highest BCUT2D eigenvalue weighted by Crippen LogP contribution is 2.06. The number of rotatable bonds is 6. The molecule has 1 heterocycles. The van der Waals surface area contributed by atoms with Crippen molar-refractivity contribution in [1.82, 2.24) is 4.90 Å². The molecule has 1 aliphatic rings. The molecule has 0 saturated carbocycles. The van der Waals surface area contributed by atoms with Crippen LogP contribution < -0.4 is 0 Å². The third-order valence-corrected chi connectivity index (χ3v) is 2.13. The van der Waals surface area contributed by atoms with Crippen LogP contribution in [0, 0.1) is 0 Å². The minimum atomic E-state index is -0.507. The lowest BCUT2D eigenvalue weighted by Gasteiger charge is -2.12. The van der Waals surface area contributed by atoms with Crippen LogP contribution >= 0.6 is 0 Å². The zero-order valence-corrected chi connectivity index (χ0v) is 9.24. The largest absolute Gasteiger partial charge is 0.336 e. The van der Waals surface area contributed by atoms with Crippen LogP contribution in [0.3, 0.4) is 0 Å². The van der Waals surface area contributed by atoms with Crippen LogP contribution in [0.5, 0.6) is 0 Å². The van der Waals surface area contributed by atoms with Crippen LogP contribution in [0.25, 0.3) is 0 Å². The number of hydrogen-bond donors (Lipinski definition) is 0. The lowest BCUT2D eigenvalue weighted by atomic mass is 10.2. The number of hydrogen-bond acceptors (Lipinski definition) is 6. The molecule has 0 radical (unpaired) electrons. The highest BCUT2D eigenvalue weighted by Gasteiger charge is 2.22. The molecule has 0 aromatic carbocycles. The first-order chi connectivity index (χ1) is 7.65. The monoisotopic (exact) mass is 242 g/mol. The van der Waals surface area contributed by atoms with Crippen molar-refractivity contribution < 1.29 is 19.2 Å². The number of amides is 2. The maximum atomic E-state index is 11.1. The summed E-state index contributed by atoms with van der Waals surface area (Å²) in [5.41, 5.74) is 0. The van der Waals surface area contributed by atoms with Crippen LogP contribution in [0.4, 0.5) is 0 Å². The van der Waals surface area contributed by atoms with Crippen molar-refractivity contribution in [2.45, 2.75) is 19.3 Å². The summed E-state index contributed by atoms with van der Waals surface area (Å²) < 4.78 is 2.82. The van der Waals surface area contributed by atoms with Gasteiger partial charge in [0.25, 0.3) is 11.8 Å². The SMILES string of the molecule is O=C(CCCCN1C(=O)C=CC1=O)ON=S. The average Bonchev–Trinajstić information content (AvgIpc) is 2.55. The first kappa shape index (κ1) is 12.4. The van der Waals surface area contributed by atoms with Gasteiger partial charge in [0.1, 0.15) is 0 Å². The fourth-order valence-corrected chi connectivity index (χ4v) is 1.36. The van der Waals surface area contributed by atoms with Gasteiger partial charge in [-0.3, -0.25) is 14.5 Å². The molecule has 0 N–H and O–H groups in total. The van der Waals surface area contributed by atoms with E-state index < -0.39 is 5.97 Å². The molecule has 1 aliphatic heterocycles. The van der Waals surface area contributed by atoms with Gasteiger partial charge in [-0.25, -0.2) is 4.79 Å². The van der Waals surface area contributed by atoms with Crippen molar-refractivity contribution in [2.24, 2.45) is 4.53 Å². The zero-order valence-electron chi connectivity index (χ0n) is 8.42. The molecule has 0 unspecified atom stereocenters. The predicted octanol–water partition coefficient (Wildman–Crippen LogP) is 0.270. The van der Waals surface area contributed by atoms with Crippen molar-refractivity contribution in [3.8, 4) is 0 Å². The van der Waals surface area contributed by atoms with Gasteiger partial charge in [0.05, 0.1) is 12.4 Å². The predicted molar refractivity (Wildman–Crippen MR) is 55.6 cm³/mol. The van der Waals surface area contributed by atoms with E-state index in [9.17, 15) is 14.4 Å². The lowest BCUT2D eigenvalue weighted by molar-refractivity contribution is -0.143. The smallest absolute Gasteiger partial charge is 0.306 e. The van der Waals surface area contributed by atoms with Crippen molar-refractivity contribution >= 4 is 30.2 Å². The molecule has 0 aliphatic carbocycles. The molecule has 0 bridgehead atoms. The minimum absolute atomic E-state index is 0.170. The van der Waals surface area contributed by atoms with Gasteiger partial charge in [0, 0.05) is 25.1 Å². The molecule has 6 nitrogen and oxygen atoms in total. The summed E-state index contributed by atoms with van der Waals surface area (Å²) >= 11 is 4.10. The van der Waals surface area contributed by atoms with Crippen molar-refractivity contribution in [2.75, 3.05) is 6.54 Å². The van der Waals surface area contributed by atoms with Crippen LogP contribution in [-0.2, 0) is 31.6 Å². The van der Waals surface area contributed by atoms with Gasteiger partial charge >= 0.3 is 5.97 Å². The van der Waals surface area contributed by atoms with Crippen molar-refractivity contribution in [3.05, 3.63) is 12.2 Å². The maximum absolute atomic E-state index is 11.1. The first-order valence-corrected chi connectivity index (χ1v) is 5.07. The Kier molecular flexibility index (Phi) is 4.71. The van der Waals surface area contributed by atoms with Crippen LogP contribution in [0.1, 0.15) is 19.3 Å². The molecular formula is C9H10N2O4S. The van der Waals surface area contributed by atoms with Crippen LogP contribution in [0.2, 0.25) is 0 Å². The molecule has 0 saturated heterocycles. The summed E-state index contributed by atoms with van der Waals surface area (Å²) in [6.07, 6.45) is 3.69. The Bertz CT molecular complexity index is 335. The minimum Gasteiger partial charge on any atom is -0.306 e. The van der Waals surface area contributed by atoms with E-state index in [1.807, 2.05) is 0 Å². The molecule has 1 rings (SSSR count). The number of carbonyl (C=O) groups excluding carboxylic acids is 3. The first-order valence-electron chi connectivity index (χ1n) is 4.71. The van der Waals surface area contributed by atoms with E-state index in [0.717, 1.165) is 4.90 Å². The van der Waals surface area contributed by atoms with Gasteiger partial charge in [-0.1, -0.05) is 0 Å². The molecule has 86 valence electrons. The Labute approximate surface area is 97.4 Å². The number of unbranched alkanes of at least 4 members (excludes halogenated alkanes) is 1. The lowest BCUT2D eigenvalue weighted by Crippen LogP contribution is -2.30. The molecule has 0 fully saturated rings. The highest BCUT2D eigenvalue weighted by atomic mass is 32.1. The molecule has 7 heteroatoms. The van der Waals surface area contributed by atoms with E-state index in [-0.39, 0.29) is 18.2 Å². The number of nitrogens with zero attached hydrogens (tertiary/aromatic N) is 2.